The average Bonchev–Trinajstić information content (AvgIpc) is 2.54. The lowest BCUT2D eigenvalue weighted by molar-refractivity contribution is 0.0597. The lowest BCUT2D eigenvalue weighted by Crippen LogP contribution is -2.15. The maximum Gasteiger partial charge on any atom is 0.341 e. The first-order valence-corrected chi connectivity index (χ1v) is 5.96. The first-order valence-electron chi connectivity index (χ1n) is 5.96. The number of esters is 1. The summed E-state index contributed by atoms with van der Waals surface area (Å²) in [5.74, 6) is -0.674. The lowest BCUT2D eigenvalue weighted by Gasteiger charge is -2.10. The summed E-state index contributed by atoms with van der Waals surface area (Å²) in [6.07, 6.45) is -0.290. The molecule has 0 bridgehead atoms. The van der Waals surface area contributed by atoms with Crippen molar-refractivity contribution in [3.05, 3.63) is 69.3 Å². The van der Waals surface area contributed by atoms with Crippen molar-refractivity contribution in [3.8, 4) is 6.07 Å². The van der Waals surface area contributed by atoms with E-state index in [1.165, 1.54) is 37.4 Å². The zero-order chi connectivity index (χ0) is 15.4. The first-order chi connectivity index (χ1) is 10.1. The van der Waals surface area contributed by atoms with Crippen LogP contribution in [0.3, 0.4) is 0 Å². The van der Waals surface area contributed by atoms with E-state index in [-0.39, 0.29) is 11.1 Å². The van der Waals surface area contributed by atoms with Crippen LogP contribution in [0.5, 0.6) is 0 Å². The lowest BCUT2D eigenvalue weighted by atomic mass is 10.0. The van der Waals surface area contributed by atoms with E-state index in [9.17, 15) is 14.7 Å². The Bertz CT molecular complexity index is 755. The molecule has 106 valence electrons. The third-order valence-corrected chi connectivity index (χ3v) is 2.91. The minimum Gasteiger partial charge on any atom is -0.465 e. The molecule has 1 N–H and O–H groups in total. The van der Waals surface area contributed by atoms with Crippen LogP contribution in [0.2, 0.25) is 0 Å². The van der Waals surface area contributed by atoms with E-state index in [0.717, 1.165) is 6.26 Å². The molecule has 0 radical (unpaired) electrons. The predicted octanol–water partition coefficient (Wildman–Crippen LogP) is 1.38. The predicted molar refractivity (Wildman–Crippen MR) is 71.5 cm³/mol. The molecule has 1 heterocycles. The summed E-state index contributed by atoms with van der Waals surface area (Å²) in [5, 5.41) is 18.9. The van der Waals surface area contributed by atoms with Gasteiger partial charge in [0.2, 0.25) is 0 Å². The minimum atomic E-state index is -1.27. The van der Waals surface area contributed by atoms with Crippen molar-refractivity contribution in [3.63, 3.8) is 0 Å². The van der Waals surface area contributed by atoms with Crippen molar-refractivity contribution in [2.45, 2.75) is 6.10 Å². The Balaban J connectivity index is 2.42. The Hall–Kier alpha value is -2.91. The highest BCUT2D eigenvalue weighted by atomic mass is 16.5. The van der Waals surface area contributed by atoms with Gasteiger partial charge in [-0.2, -0.15) is 5.26 Å². The van der Waals surface area contributed by atoms with Crippen molar-refractivity contribution >= 4 is 5.97 Å². The molecule has 6 nitrogen and oxygen atoms in total. The molecule has 0 saturated heterocycles. The van der Waals surface area contributed by atoms with Crippen molar-refractivity contribution < 1.29 is 19.1 Å². The number of carbonyl (C=O) groups excluding carboxylic acids is 1. The largest absolute Gasteiger partial charge is 0.465 e. The zero-order valence-electron chi connectivity index (χ0n) is 11.1. The van der Waals surface area contributed by atoms with Crippen LogP contribution in [0.1, 0.15) is 33.2 Å². The number of aliphatic hydroxyl groups excluding tert-OH is 1. The van der Waals surface area contributed by atoms with Gasteiger partial charge in [-0.3, -0.25) is 0 Å². The van der Waals surface area contributed by atoms with Crippen molar-refractivity contribution in [1.29, 1.82) is 5.26 Å². The summed E-state index contributed by atoms with van der Waals surface area (Å²) in [4.78, 5) is 23.1. The standard InChI is InChI=1S/C15H11NO5/c1-20-14(18)11-6-12(15(19)21-8-11)13(17)10-4-2-9(7-16)3-5-10/h2-6,8,13,17H,1H3. The van der Waals surface area contributed by atoms with Gasteiger partial charge >= 0.3 is 11.6 Å². The van der Waals surface area contributed by atoms with Gasteiger partial charge in [-0.15, -0.1) is 0 Å². The molecule has 21 heavy (non-hydrogen) atoms. The molecular formula is C15H11NO5. The van der Waals surface area contributed by atoms with Crippen LogP contribution < -0.4 is 5.63 Å². The van der Waals surface area contributed by atoms with Gasteiger partial charge in [-0.1, -0.05) is 12.1 Å². The second-order valence-electron chi connectivity index (χ2n) is 4.21. The molecule has 1 unspecified atom stereocenters. The highest BCUT2D eigenvalue weighted by Crippen LogP contribution is 2.20. The molecule has 0 fully saturated rings. The van der Waals surface area contributed by atoms with Gasteiger partial charge < -0.3 is 14.3 Å². The monoisotopic (exact) mass is 285 g/mol. The highest BCUT2D eigenvalue weighted by Gasteiger charge is 2.18. The van der Waals surface area contributed by atoms with Crippen molar-refractivity contribution in [2.75, 3.05) is 7.11 Å². The van der Waals surface area contributed by atoms with Gasteiger partial charge in [0.15, 0.2) is 0 Å². The number of hydrogen-bond donors (Lipinski definition) is 1. The Kier molecular flexibility index (Phi) is 4.16. The van der Waals surface area contributed by atoms with Gasteiger partial charge in [-0.25, -0.2) is 9.59 Å². The second kappa shape index (κ2) is 6.03. The van der Waals surface area contributed by atoms with E-state index in [1.807, 2.05) is 6.07 Å². The quantitative estimate of drug-likeness (QED) is 0.855. The summed E-state index contributed by atoms with van der Waals surface area (Å²) < 4.78 is 9.26. The molecule has 2 rings (SSSR count). The van der Waals surface area contributed by atoms with Crippen LogP contribution >= 0.6 is 0 Å². The molecule has 2 aromatic rings. The van der Waals surface area contributed by atoms with Crippen LogP contribution in [0.4, 0.5) is 0 Å². The van der Waals surface area contributed by atoms with E-state index in [4.69, 9.17) is 9.68 Å². The molecule has 0 aliphatic rings. The van der Waals surface area contributed by atoms with Gasteiger partial charge in [0, 0.05) is 0 Å². The van der Waals surface area contributed by atoms with Gasteiger partial charge in [0.25, 0.3) is 0 Å². The number of hydrogen-bond acceptors (Lipinski definition) is 6. The van der Waals surface area contributed by atoms with Gasteiger partial charge in [-0.05, 0) is 23.8 Å². The van der Waals surface area contributed by atoms with Crippen molar-refractivity contribution in [2.24, 2.45) is 0 Å². The maximum absolute atomic E-state index is 11.7. The van der Waals surface area contributed by atoms with Crippen LogP contribution in [0, 0.1) is 11.3 Å². The summed E-state index contributed by atoms with van der Waals surface area (Å²) in [6, 6.07) is 9.25. The number of nitriles is 1. The Morgan fingerprint density at radius 3 is 2.62 bits per heavy atom. The average molecular weight is 285 g/mol. The maximum atomic E-state index is 11.7. The molecule has 1 aromatic heterocycles. The van der Waals surface area contributed by atoms with E-state index >= 15 is 0 Å². The zero-order valence-corrected chi connectivity index (χ0v) is 11.1. The van der Waals surface area contributed by atoms with Crippen LogP contribution in [0.25, 0.3) is 0 Å². The molecular weight excluding hydrogens is 274 g/mol. The first kappa shape index (κ1) is 14.5. The molecule has 0 amide bonds. The minimum absolute atomic E-state index is 0.0276. The Labute approximate surface area is 119 Å². The molecule has 1 atom stereocenters. The van der Waals surface area contributed by atoms with Gasteiger partial charge in [0.05, 0.1) is 29.9 Å². The fourth-order valence-corrected chi connectivity index (χ4v) is 1.78. The summed E-state index contributed by atoms with van der Waals surface area (Å²) >= 11 is 0. The molecule has 6 heteroatoms. The molecule has 0 aliphatic carbocycles. The van der Waals surface area contributed by atoms with Gasteiger partial charge in [0.1, 0.15) is 12.4 Å². The number of nitrogens with zero attached hydrogens (tertiary/aromatic N) is 1. The van der Waals surface area contributed by atoms with E-state index in [2.05, 4.69) is 4.74 Å². The summed E-state index contributed by atoms with van der Waals surface area (Å²) in [5.41, 5.74) is 0.0338. The third kappa shape index (κ3) is 2.99. The Morgan fingerprint density at radius 1 is 1.38 bits per heavy atom. The summed E-state index contributed by atoms with van der Waals surface area (Å²) in [6.45, 7) is 0. The van der Waals surface area contributed by atoms with E-state index < -0.39 is 17.7 Å². The van der Waals surface area contributed by atoms with Crippen molar-refractivity contribution in [1.82, 2.24) is 0 Å². The van der Waals surface area contributed by atoms with Crippen LogP contribution in [-0.4, -0.2) is 18.2 Å². The number of rotatable bonds is 3. The van der Waals surface area contributed by atoms with Crippen LogP contribution in [0.15, 0.2) is 45.8 Å². The molecule has 0 aliphatic heterocycles. The molecule has 0 spiro atoms. The number of benzene rings is 1. The summed E-state index contributed by atoms with van der Waals surface area (Å²) in [7, 11) is 1.20. The normalized spacial score (nSPS) is 11.5. The SMILES string of the molecule is COC(=O)c1coc(=O)c(C(O)c2ccc(C#N)cc2)c1. The Morgan fingerprint density at radius 2 is 2.05 bits per heavy atom. The molecule has 0 saturated carbocycles. The number of ether oxygens (including phenoxy) is 1. The fourth-order valence-electron chi connectivity index (χ4n) is 1.78. The smallest absolute Gasteiger partial charge is 0.341 e. The van der Waals surface area contributed by atoms with E-state index in [0.29, 0.717) is 11.1 Å². The number of methoxy groups -OCH3 is 1. The fraction of sp³-hybridized carbons (Fsp3) is 0.133. The number of aliphatic hydroxyl groups is 1. The van der Waals surface area contributed by atoms with Crippen LogP contribution in [-0.2, 0) is 4.74 Å². The highest BCUT2D eigenvalue weighted by molar-refractivity contribution is 5.88. The topological polar surface area (TPSA) is 101 Å². The third-order valence-electron chi connectivity index (χ3n) is 2.91. The second-order valence-corrected chi connectivity index (χ2v) is 4.21. The number of carbonyl (C=O) groups is 1. The molecule has 1 aromatic carbocycles. The van der Waals surface area contributed by atoms with E-state index in [1.54, 1.807) is 0 Å².